The Kier molecular flexibility index (Phi) is 3.84. The first-order valence-corrected chi connectivity index (χ1v) is 6.84. The van der Waals surface area contributed by atoms with Crippen LogP contribution < -0.4 is 0 Å². The minimum absolute atomic E-state index is 0.253. The quantitative estimate of drug-likeness (QED) is 0.718. The SMILES string of the molecule is FC(F)(F)CCCN1C2CCC1CC(Br)C2. The van der Waals surface area contributed by atoms with E-state index in [1.807, 2.05) is 0 Å². The fraction of sp³-hybridized carbons (Fsp3) is 1.00. The summed E-state index contributed by atoms with van der Waals surface area (Å²) in [6, 6.07) is 1.05. The van der Waals surface area contributed by atoms with Gasteiger partial charge in [0.1, 0.15) is 0 Å². The summed E-state index contributed by atoms with van der Waals surface area (Å²) in [5.74, 6) is 0. The fourth-order valence-corrected chi connectivity index (χ4v) is 3.90. The van der Waals surface area contributed by atoms with Gasteiger partial charge < -0.3 is 0 Å². The molecule has 0 aromatic rings. The van der Waals surface area contributed by atoms with E-state index in [-0.39, 0.29) is 6.42 Å². The number of nitrogens with zero attached hydrogens (tertiary/aromatic N) is 1. The molecule has 2 atom stereocenters. The monoisotopic (exact) mass is 299 g/mol. The molecule has 0 aliphatic carbocycles. The van der Waals surface area contributed by atoms with Crippen molar-refractivity contribution in [1.29, 1.82) is 0 Å². The van der Waals surface area contributed by atoms with Crippen molar-refractivity contribution in [2.45, 2.75) is 61.6 Å². The van der Waals surface area contributed by atoms with E-state index in [1.165, 1.54) is 12.8 Å². The van der Waals surface area contributed by atoms with Gasteiger partial charge in [-0.25, -0.2) is 0 Å². The molecule has 1 nitrogen and oxygen atoms in total. The number of alkyl halides is 4. The molecular weight excluding hydrogens is 283 g/mol. The van der Waals surface area contributed by atoms with Crippen molar-refractivity contribution in [2.24, 2.45) is 0 Å². The Bertz CT molecular complexity index is 230. The highest BCUT2D eigenvalue weighted by atomic mass is 79.9. The van der Waals surface area contributed by atoms with Gasteiger partial charge in [0.15, 0.2) is 0 Å². The summed E-state index contributed by atoms with van der Waals surface area (Å²) in [7, 11) is 0. The number of piperidine rings is 1. The Labute approximate surface area is 103 Å². The standard InChI is InChI=1S/C11H17BrF3N/c12-8-6-9-2-3-10(7-8)16(9)5-1-4-11(13,14)15/h8-10H,1-7H2. The predicted molar refractivity (Wildman–Crippen MR) is 60.8 cm³/mol. The average molecular weight is 300 g/mol. The molecule has 94 valence electrons. The number of fused-ring (bicyclic) bond motifs is 2. The van der Waals surface area contributed by atoms with Crippen molar-refractivity contribution in [1.82, 2.24) is 4.90 Å². The normalized spacial score (nSPS) is 35.6. The zero-order chi connectivity index (χ0) is 11.8. The van der Waals surface area contributed by atoms with Crippen molar-refractivity contribution in [3.8, 4) is 0 Å². The molecule has 2 rings (SSSR count). The van der Waals surface area contributed by atoms with Crippen LogP contribution in [0, 0.1) is 0 Å². The number of halogens is 4. The van der Waals surface area contributed by atoms with E-state index in [0.29, 0.717) is 23.5 Å². The Morgan fingerprint density at radius 1 is 1.12 bits per heavy atom. The molecule has 0 spiro atoms. The van der Waals surface area contributed by atoms with Gasteiger partial charge in [-0.15, -0.1) is 0 Å². The predicted octanol–water partition coefficient (Wildman–Crippen LogP) is 3.72. The second kappa shape index (κ2) is 4.84. The van der Waals surface area contributed by atoms with Crippen LogP contribution in [0.3, 0.4) is 0 Å². The Balaban J connectivity index is 1.79. The lowest BCUT2D eigenvalue weighted by atomic mass is 10.0. The van der Waals surface area contributed by atoms with Crippen LogP contribution in [-0.2, 0) is 0 Å². The van der Waals surface area contributed by atoms with Crippen LogP contribution in [0.5, 0.6) is 0 Å². The van der Waals surface area contributed by atoms with Gasteiger partial charge in [0.2, 0.25) is 0 Å². The van der Waals surface area contributed by atoms with Crippen LogP contribution in [0.2, 0.25) is 0 Å². The molecule has 0 N–H and O–H groups in total. The Morgan fingerprint density at radius 3 is 2.19 bits per heavy atom. The minimum atomic E-state index is -3.99. The molecule has 2 unspecified atom stereocenters. The van der Waals surface area contributed by atoms with Crippen LogP contribution in [-0.4, -0.2) is 34.5 Å². The summed E-state index contributed by atoms with van der Waals surface area (Å²) < 4.78 is 36.2. The molecule has 0 radical (unpaired) electrons. The van der Waals surface area contributed by atoms with Gasteiger partial charge in [0.25, 0.3) is 0 Å². The molecule has 2 saturated heterocycles. The van der Waals surface area contributed by atoms with E-state index < -0.39 is 12.6 Å². The molecule has 0 saturated carbocycles. The highest BCUT2D eigenvalue weighted by Gasteiger charge is 2.39. The molecule has 2 aliphatic rings. The lowest BCUT2D eigenvalue weighted by molar-refractivity contribution is -0.136. The fourth-order valence-electron chi connectivity index (χ4n) is 3.03. The number of hydrogen-bond donors (Lipinski definition) is 0. The van der Waals surface area contributed by atoms with Crippen molar-refractivity contribution >= 4 is 15.9 Å². The number of rotatable bonds is 3. The first kappa shape index (κ1) is 12.7. The van der Waals surface area contributed by atoms with E-state index in [1.54, 1.807) is 0 Å². The van der Waals surface area contributed by atoms with Crippen molar-refractivity contribution in [2.75, 3.05) is 6.54 Å². The van der Waals surface area contributed by atoms with Crippen LogP contribution in [0.25, 0.3) is 0 Å². The number of hydrogen-bond acceptors (Lipinski definition) is 1. The van der Waals surface area contributed by atoms with Gasteiger partial charge in [0, 0.05) is 23.3 Å². The molecule has 0 aromatic carbocycles. The first-order chi connectivity index (χ1) is 7.46. The summed E-state index contributed by atoms with van der Waals surface area (Å²) in [4.78, 5) is 2.88. The van der Waals surface area contributed by atoms with Gasteiger partial charge in [-0.1, -0.05) is 15.9 Å². The summed E-state index contributed by atoms with van der Waals surface area (Å²) in [6.45, 7) is 0.620. The Hall–Kier alpha value is 0.230. The molecule has 2 fully saturated rings. The van der Waals surface area contributed by atoms with E-state index in [0.717, 1.165) is 12.8 Å². The minimum Gasteiger partial charge on any atom is -0.297 e. The van der Waals surface area contributed by atoms with Crippen LogP contribution >= 0.6 is 15.9 Å². The molecular formula is C11H17BrF3N. The van der Waals surface area contributed by atoms with Crippen LogP contribution in [0.4, 0.5) is 13.2 Å². The van der Waals surface area contributed by atoms with Crippen LogP contribution in [0.1, 0.15) is 38.5 Å². The maximum Gasteiger partial charge on any atom is 0.389 e. The molecule has 2 heterocycles. The van der Waals surface area contributed by atoms with E-state index in [9.17, 15) is 13.2 Å². The maximum atomic E-state index is 12.1. The summed E-state index contributed by atoms with van der Waals surface area (Å²) >= 11 is 3.63. The maximum absolute atomic E-state index is 12.1. The van der Waals surface area contributed by atoms with Gasteiger partial charge in [-0.2, -0.15) is 13.2 Å². The van der Waals surface area contributed by atoms with Gasteiger partial charge in [-0.3, -0.25) is 4.90 Å². The first-order valence-electron chi connectivity index (χ1n) is 5.92. The van der Waals surface area contributed by atoms with Crippen molar-refractivity contribution < 1.29 is 13.2 Å². The van der Waals surface area contributed by atoms with Crippen LogP contribution in [0.15, 0.2) is 0 Å². The lowest BCUT2D eigenvalue weighted by Crippen LogP contribution is -2.43. The van der Waals surface area contributed by atoms with E-state index in [2.05, 4.69) is 20.8 Å². The third-order valence-electron chi connectivity index (χ3n) is 3.70. The highest BCUT2D eigenvalue weighted by molar-refractivity contribution is 9.09. The van der Waals surface area contributed by atoms with E-state index >= 15 is 0 Å². The topological polar surface area (TPSA) is 3.24 Å². The summed E-state index contributed by atoms with van der Waals surface area (Å²) in [5, 5.41) is 0. The Morgan fingerprint density at radius 2 is 1.69 bits per heavy atom. The summed E-state index contributed by atoms with van der Waals surface area (Å²) in [5.41, 5.74) is 0. The third kappa shape index (κ3) is 3.13. The van der Waals surface area contributed by atoms with Gasteiger partial charge >= 0.3 is 6.18 Å². The van der Waals surface area contributed by atoms with Crippen molar-refractivity contribution in [3.05, 3.63) is 0 Å². The smallest absolute Gasteiger partial charge is 0.297 e. The van der Waals surface area contributed by atoms with E-state index in [4.69, 9.17) is 0 Å². The summed E-state index contributed by atoms with van der Waals surface area (Å²) in [6.07, 6.45) is 0.152. The molecule has 5 heteroatoms. The molecule has 2 aliphatic heterocycles. The molecule has 2 bridgehead atoms. The molecule has 16 heavy (non-hydrogen) atoms. The lowest BCUT2D eigenvalue weighted by Gasteiger charge is -2.37. The van der Waals surface area contributed by atoms with Gasteiger partial charge in [0.05, 0.1) is 0 Å². The zero-order valence-electron chi connectivity index (χ0n) is 9.14. The average Bonchev–Trinajstić information content (AvgIpc) is 2.41. The zero-order valence-corrected chi connectivity index (χ0v) is 10.7. The third-order valence-corrected chi connectivity index (χ3v) is 4.45. The second-order valence-corrected chi connectivity index (χ2v) is 6.21. The molecule has 0 aromatic heterocycles. The van der Waals surface area contributed by atoms with Crippen molar-refractivity contribution in [3.63, 3.8) is 0 Å². The van der Waals surface area contributed by atoms with Gasteiger partial charge in [-0.05, 0) is 38.6 Å². The largest absolute Gasteiger partial charge is 0.389 e. The highest BCUT2D eigenvalue weighted by Crippen LogP contribution is 2.38. The molecule has 0 amide bonds. The second-order valence-electron chi connectivity index (χ2n) is 4.91.